The van der Waals surface area contributed by atoms with Gasteiger partial charge in [0.1, 0.15) is 29.8 Å². The Morgan fingerprint density at radius 2 is 2.04 bits per heavy atom. The van der Waals surface area contributed by atoms with Crippen LogP contribution in [0.15, 0.2) is 42.2 Å². The molecule has 0 bridgehead atoms. The molecule has 0 N–H and O–H groups in total. The molecule has 0 spiro atoms. The molecule has 0 radical (unpaired) electrons. The molecule has 0 saturated heterocycles. The van der Waals surface area contributed by atoms with E-state index in [2.05, 4.69) is 9.97 Å². The van der Waals surface area contributed by atoms with Crippen LogP contribution in [-0.2, 0) is 18.0 Å². The van der Waals surface area contributed by atoms with Gasteiger partial charge in [-0.15, -0.1) is 11.3 Å². The third-order valence-electron chi connectivity index (χ3n) is 3.53. The SMILES string of the molecule is CC(C)n1cnc(C(=O)OCc2csc(COc3ccc(F)cc3)n2)c1. The van der Waals surface area contributed by atoms with Crippen molar-refractivity contribution in [2.75, 3.05) is 0 Å². The van der Waals surface area contributed by atoms with Crippen LogP contribution in [0.3, 0.4) is 0 Å². The maximum absolute atomic E-state index is 12.9. The third-order valence-corrected chi connectivity index (χ3v) is 4.40. The molecule has 0 saturated carbocycles. The summed E-state index contributed by atoms with van der Waals surface area (Å²) in [5, 5.41) is 2.55. The molecular weight excluding hydrogens is 357 g/mol. The third kappa shape index (κ3) is 4.66. The zero-order chi connectivity index (χ0) is 18.5. The summed E-state index contributed by atoms with van der Waals surface area (Å²) in [4.78, 5) is 20.4. The van der Waals surface area contributed by atoms with Gasteiger partial charge in [-0.05, 0) is 38.1 Å². The second kappa shape index (κ2) is 8.09. The smallest absolute Gasteiger partial charge is 0.358 e. The van der Waals surface area contributed by atoms with E-state index in [-0.39, 0.29) is 30.8 Å². The Labute approximate surface area is 154 Å². The molecule has 0 unspecified atom stereocenters. The van der Waals surface area contributed by atoms with E-state index in [0.29, 0.717) is 11.4 Å². The molecule has 2 aromatic heterocycles. The molecule has 8 heteroatoms. The van der Waals surface area contributed by atoms with Crippen LogP contribution >= 0.6 is 11.3 Å². The van der Waals surface area contributed by atoms with Crippen LogP contribution < -0.4 is 4.74 Å². The maximum Gasteiger partial charge on any atom is 0.358 e. The highest BCUT2D eigenvalue weighted by Crippen LogP contribution is 2.17. The van der Waals surface area contributed by atoms with E-state index in [1.807, 2.05) is 23.8 Å². The van der Waals surface area contributed by atoms with Gasteiger partial charge in [-0.2, -0.15) is 0 Å². The summed E-state index contributed by atoms with van der Waals surface area (Å²) in [5.41, 5.74) is 0.915. The number of benzene rings is 1. The van der Waals surface area contributed by atoms with Gasteiger partial charge in [0.25, 0.3) is 0 Å². The van der Waals surface area contributed by atoms with Gasteiger partial charge in [-0.3, -0.25) is 0 Å². The molecule has 2 heterocycles. The Bertz CT molecular complexity index is 874. The Balaban J connectivity index is 1.50. The first-order valence-corrected chi connectivity index (χ1v) is 8.91. The average Bonchev–Trinajstić information content (AvgIpc) is 3.29. The minimum atomic E-state index is -0.485. The number of halogens is 1. The zero-order valence-corrected chi connectivity index (χ0v) is 15.2. The van der Waals surface area contributed by atoms with Crippen LogP contribution in [0.25, 0.3) is 0 Å². The molecule has 0 aliphatic rings. The monoisotopic (exact) mass is 375 g/mol. The first-order chi connectivity index (χ1) is 12.5. The Morgan fingerprint density at radius 3 is 2.73 bits per heavy atom. The highest BCUT2D eigenvalue weighted by Gasteiger charge is 2.13. The van der Waals surface area contributed by atoms with Crippen molar-refractivity contribution in [3.05, 3.63) is 64.4 Å². The fraction of sp³-hybridized carbons (Fsp3) is 0.278. The van der Waals surface area contributed by atoms with Crippen molar-refractivity contribution < 1.29 is 18.7 Å². The topological polar surface area (TPSA) is 66.2 Å². The molecule has 1 aromatic carbocycles. The van der Waals surface area contributed by atoms with Gasteiger partial charge in [0, 0.05) is 17.6 Å². The molecule has 26 heavy (non-hydrogen) atoms. The molecule has 0 fully saturated rings. The van der Waals surface area contributed by atoms with Crippen molar-refractivity contribution in [1.82, 2.24) is 14.5 Å². The number of hydrogen-bond acceptors (Lipinski definition) is 6. The first-order valence-electron chi connectivity index (χ1n) is 8.03. The summed E-state index contributed by atoms with van der Waals surface area (Å²) in [7, 11) is 0. The predicted octanol–water partition coefficient (Wildman–Crippen LogP) is 4.00. The van der Waals surface area contributed by atoms with E-state index in [4.69, 9.17) is 9.47 Å². The highest BCUT2D eigenvalue weighted by molar-refractivity contribution is 7.09. The quantitative estimate of drug-likeness (QED) is 0.584. The minimum Gasteiger partial charge on any atom is -0.486 e. The summed E-state index contributed by atoms with van der Waals surface area (Å²) < 4.78 is 25.5. The van der Waals surface area contributed by atoms with Crippen LogP contribution in [0.5, 0.6) is 5.75 Å². The lowest BCUT2D eigenvalue weighted by Gasteiger charge is -2.04. The number of aromatic nitrogens is 3. The molecule has 0 aliphatic heterocycles. The fourth-order valence-electron chi connectivity index (χ4n) is 2.10. The molecule has 3 aromatic rings. The number of rotatable bonds is 7. The lowest BCUT2D eigenvalue weighted by atomic mass is 10.3. The van der Waals surface area contributed by atoms with Crippen molar-refractivity contribution in [1.29, 1.82) is 0 Å². The standard InChI is InChI=1S/C18H18FN3O3S/c1-12(2)22-7-16(20-11-22)18(23)25-8-14-10-26-17(21-14)9-24-15-5-3-13(19)4-6-15/h3-7,10-12H,8-9H2,1-2H3. The van der Waals surface area contributed by atoms with E-state index >= 15 is 0 Å². The number of esters is 1. The lowest BCUT2D eigenvalue weighted by molar-refractivity contribution is 0.0461. The van der Waals surface area contributed by atoms with E-state index in [0.717, 1.165) is 5.01 Å². The van der Waals surface area contributed by atoms with Gasteiger partial charge >= 0.3 is 5.97 Å². The summed E-state index contributed by atoms with van der Waals surface area (Å²) in [6.07, 6.45) is 3.27. The summed E-state index contributed by atoms with van der Waals surface area (Å²) in [6, 6.07) is 6.01. The molecule has 6 nitrogen and oxygen atoms in total. The van der Waals surface area contributed by atoms with Gasteiger partial charge in [0.05, 0.1) is 12.0 Å². The van der Waals surface area contributed by atoms with Crippen LogP contribution in [0.1, 0.15) is 41.1 Å². The van der Waals surface area contributed by atoms with Gasteiger partial charge in [-0.25, -0.2) is 19.2 Å². The molecule has 0 atom stereocenters. The van der Waals surface area contributed by atoms with Gasteiger partial charge in [0.2, 0.25) is 0 Å². The van der Waals surface area contributed by atoms with E-state index in [9.17, 15) is 9.18 Å². The summed E-state index contributed by atoms with van der Waals surface area (Å²) in [6.45, 7) is 4.34. The molecule has 3 rings (SSSR count). The normalized spacial score (nSPS) is 10.9. The van der Waals surface area contributed by atoms with Crippen molar-refractivity contribution in [2.45, 2.75) is 33.1 Å². The summed E-state index contributed by atoms with van der Waals surface area (Å²) in [5.74, 6) is -0.231. The number of ether oxygens (including phenoxy) is 2. The largest absolute Gasteiger partial charge is 0.486 e. The predicted molar refractivity (Wildman–Crippen MR) is 94.6 cm³/mol. The zero-order valence-electron chi connectivity index (χ0n) is 14.4. The van der Waals surface area contributed by atoms with Crippen LogP contribution in [0.2, 0.25) is 0 Å². The van der Waals surface area contributed by atoms with Crippen LogP contribution in [0.4, 0.5) is 4.39 Å². The fourth-order valence-corrected chi connectivity index (χ4v) is 2.79. The van der Waals surface area contributed by atoms with Gasteiger partial charge < -0.3 is 14.0 Å². The van der Waals surface area contributed by atoms with E-state index in [1.54, 1.807) is 24.7 Å². The average molecular weight is 375 g/mol. The number of hydrogen-bond donors (Lipinski definition) is 0. The second-order valence-electron chi connectivity index (χ2n) is 5.85. The minimum absolute atomic E-state index is 0.0699. The molecule has 0 aliphatic carbocycles. The lowest BCUT2D eigenvalue weighted by Crippen LogP contribution is -2.06. The number of carbonyl (C=O) groups is 1. The number of carbonyl (C=O) groups excluding carboxylic acids is 1. The highest BCUT2D eigenvalue weighted by atomic mass is 32.1. The van der Waals surface area contributed by atoms with Crippen LogP contribution in [0, 0.1) is 5.82 Å². The number of thiazole rings is 1. The van der Waals surface area contributed by atoms with E-state index < -0.39 is 5.97 Å². The Kier molecular flexibility index (Phi) is 5.62. The Hall–Kier alpha value is -2.74. The molecule has 136 valence electrons. The van der Waals surface area contributed by atoms with Crippen molar-refractivity contribution in [3.8, 4) is 5.75 Å². The van der Waals surface area contributed by atoms with Gasteiger partial charge in [-0.1, -0.05) is 0 Å². The van der Waals surface area contributed by atoms with Crippen molar-refractivity contribution >= 4 is 17.3 Å². The van der Waals surface area contributed by atoms with Gasteiger partial charge in [0.15, 0.2) is 5.69 Å². The first kappa shape index (κ1) is 18.1. The number of nitrogens with zero attached hydrogens (tertiary/aromatic N) is 3. The molecular formula is C18H18FN3O3S. The Morgan fingerprint density at radius 1 is 1.27 bits per heavy atom. The number of imidazole rings is 1. The van der Waals surface area contributed by atoms with Crippen molar-refractivity contribution in [3.63, 3.8) is 0 Å². The van der Waals surface area contributed by atoms with Crippen molar-refractivity contribution in [2.24, 2.45) is 0 Å². The van der Waals surface area contributed by atoms with E-state index in [1.165, 1.54) is 23.5 Å². The second-order valence-corrected chi connectivity index (χ2v) is 6.79. The maximum atomic E-state index is 12.9. The van der Waals surface area contributed by atoms with Crippen LogP contribution in [-0.4, -0.2) is 20.5 Å². The summed E-state index contributed by atoms with van der Waals surface area (Å²) >= 11 is 1.41. The molecule has 0 amide bonds.